The number of benzene rings is 1. The van der Waals surface area contributed by atoms with Crippen molar-refractivity contribution in [3.63, 3.8) is 0 Å². The molecule has 144 valence electrons. The summed E-state index contributed by atoms with van der Waals surface area (Å²) in [5.41, 5.74) is -0.769. The maximum Gasteiger partial charge on any atom is 0.271 e. The third kappa shape index (κ3) is 5.10. The van der Waals surface area contributed by atoms with E-state index < -0.39 is 32.3 Å². The van der Waals surface area contributed by atoms with E-state index in [2.05, 4.69) is 10.5 Å². The lowest BCUT2D eigenvalue weighted by atomic mass is 10.2. The van der Waals surface area contributed by atoms with Crippen LogP contribution in [0.1, 0.15) is 16.1 Å². The van der Waals surface area contributed by atoms with Gasteiger partial charge in [-0.3, -0.25) is 19.7 Å². The van der Waals surface area contributed by atoms with Crippen molar-refractivity contribution in [2.75, 3.05) is 25.2 Å². The maximum absolute atomic E-state index is 12.5. The molecule has 1 aromatic heterocycles. The van der Waals surface area contributed by atoms with Crippen molar-refractivity contribution in [3.8, 4) is 0 Å². The van der Waals surface area contributed by atoms with Crippen LogP contribution in [0.15, 0.2) is 33.7 Å². The van der Waals surface area contributed by atoms with Crippen molar-refractivity contribution in [2.45, 2.75) is 11.8 Å². The smallest absolute Gasteiger partial charge is 0.271 e. The number of aromatic nitrogens is 1. The number of non-ortho nitro benzene ring substituents is 1. The van der Waals surface area contributed by atoms with Gasteiger partial charge in [0.05, 0.1) is 16.4 Å². The molecule has 0 unspecified atom stereocenters. The molecule has 0 saturated heterocycles. The van der Waals surface area contributed by atoms with Crippen LogP contribution in [0, 0.1) is 17.0 Å². The molecule has 1 aromatic carbocycles. The highest BCUT2D eigenvalue weighted by Gasteiger charge is 2.22. The first-order valence-electron chi connectivity index (χ1n) is 7.45. The normalized spacial score (nSPS) is 11.1. The summed E-state index contributed by atoms with van der Waals surface area (Å²) in [5.74, 6) is -0.671. The van der Waals surface area contributed by atoms with Gasteiger partial charge in [-0.2, -0.15) is 0 Å². The molecule has 0 spiro atoms. The molecule has 1 heterocycles. The van der Waals surface area contributed by atoms with Gasteiger partial charge in [-0.25, -0.2) is 8.42 Å². The number of nitrogens with zero attached hydrogens (tertiary/aromatic N) is 3. The minimum absolute atomic E-state index is 0.174. The highest BCUT2D eigenvalue weighted by Crippen LogP contribution is 2.22. The van der Waals surface area contributed by atoms with Crippen LogP contribution in [0.4, 0.5) is 11.5 Å². The number of amides is 2. The average molecular weight is 396 g/mol. The van der Waals surface area contributed by atoms with Gasteiger partial charge in [0.1, 0.15) is 5.76 Å². The van der Waals surface area contributed by atoms with Crippen molar-refractivity contribution in [3.05, 3.63) is 45.7 Å². The van der Waals surface area contributed by atoms with E-state index in [1.165, 1.54) is 13.1 Å². The van der Waals surface area contributed by atoms with E-state index in [9.17, 15) is 28.1 Å². The number of carbonyl (C=O) groups is 2. The predicted octanol–water partition coefficient (Wildman–Crippen LogP) is 1.01. The maximum atomic E-state index is 12.5. The number of hydrogen-bond donors (Lipinski definition) is 1. The van der Waals surface area contributed by atoms with Crippen molar-refractivity contribution < 1.29 is 27.5 Å². The van der Waals surface area contributed by atoms with Crippen LogP contribution in [-0.2, 0) is 14.6 Å². The Hall–Kier alpha value is -3.28. The molecule has 27 heavy (non-hydrogen) atoms. The van der Waals surface area contributed by atoms with Crippen molar-refractivity contribution in [1.29, 1.82) is 0 Å². The van der Waals surface area contributed by atoms with Gasteiger partial charge < -0.3 is 14.7 Å². The van der Waals surface area contributed by atoms with Crippen LogP contribution in [0.25, 0.3) is 0 Å². The van der Waals surface area contributed by atoms with Crippen molar-refractivity contribution >= 4 is 33.2 Å². The van der Waals surface area contributed by atoms with Gasteiger partial charge >= 0.3 is 0 Å². The summed E-state index contributed by atoms with van der Waals surface area (Å²) >= 11 is 0. The number of likely N-dealkylation sites (N-methyl/N-ethyl adjacent to an activating group) is 1. The minimum atomic E-state index is -3.78. The fourth-order valence-corrected chi connectivity index (χ4v) is 2.82. The number of nitrogens with one attached hydrogen (secondary N) is 1. The average Bonchev–Trinajstić information content (AvgIpc) is 2.97. The lowest BCUT2D eigenvalue weighted by Gasteiger charge is -2.16. The molecule has 0 saturated carbocycles. The Labute approximate surface area is 154 Å². The van der Waals surface area contributed by atoms with Crippen molar-refractivity contribution in [1.82, 2.24) is 10.1 Å². The molecule has 2 rings (SSSR count). The van der Waals surface area contributed by atoms with Gasteiger partial charge in [0.25, 0.3) is 11.6 Å². The molecule has 0 fully saturated rings. The zero-order valence-corrected chi connectivity index (χ0v) is 15.4. The van der Waals surface area contributed by atoms with Crippen LogP contribution in [0.3, 0.4) is 0 Å². The zero-order valence-electron chi connectivity index (χ0n) is 14.6. The minimum Gasteiger partial charge on any atom is -0.360 e. The van der Waals surface area contributed by atoms with Crippen LogP contribution < -0.4 is 5.32 Å². The van der Waals surface area contributed by atoms with Gasteiger partial charge in [0.2, 0.25) is 5.91 Å². The van der Waals surface area contributed by atoms with Gasteiger partial charge in [0.15, 0.2) is 15.7 Å². The Kier molecular flexibility index (Phi) is 5.59. The molecule has 0 bridgehead atoms. The Balaban J connectivity index is 2.21. The van der Waals surface area contributed by atoms with E-state index in [0.29, 0.717) is 5.76 Å². The summed E-state index contributed by atoms with van der Waals surface area (Å²) in [6, 6.07) is 4.33. The summed E-state index contributed by atoms with van der Waals surface area (Å²) in [6.07, 6.45) is 0.872. The first-order valence-corrected chi connectivity index (χ1v) is 9.34. The molecule has 12 heteroatoms. The third-order valence-corrected chi connectivity index (χ3v) is 4.49. The van der Waals surface area contributed by atoms with E-state index in [1.54, 1.807) is 6.92 Å². The molecule has 2 aromatic rings. The number of sulfone groups is 1. The second-order valence-electron chi connectivity index (χ2n) is 5.78. The van der Waals surface area contributed by atoms with E-state index in [4.69, 9.17) is 4.52 Å². The lowest BCUT2D eigenvalue weighted by molar-refractivity contribution is -0.385. The van der Waals surface area contributed by atoms with Crippen LogP contribution in [-0.4, -0.2) is 55.1 Å². The largest absolute Gasteiger partial charge is 0.360 e. The predicted molar refractivity (Wildman–Crippen MR) is 93.0 cm³/mol. The molecular formula is C15H16N4O7S. The lowest BCUT2D eigenvalue weighted by Crippen LogP contribution is -2.35. The summed E-state index contributed by atoms with van der Waals surface area (Å²) < 4.78 is 28.2. The standard InChI is InChI=1S/C15H16N4O7S/c1-9-4-13(17-26-9)16-14(20)8-18(2)15(21)10-5-11(19(22)23)7-12(6-10)27(3,24)25/h4-7H,8H2,1-3H3,(H,16,17,20). The SMILES string of the molecule is Cc1cc(NC(=O)CN(C)C(=O)c2cc([N+](=O)[O-])cc(S(C)(=O)=O)c2)no1. The highest BCUT2D eigenvalue weighted by molar-refractivity contribution is 7.90. The topological polar surface area (TPSA) is 153 Å². The fourth-order valence-electron chi connectivity index (χ4n) is 2.14. The van der Waals surface area contributed by atoms with Crippen LogP contribution >= 0.6 is 0 Å². The summed E-state index contributed by atoms with van der Waals surface area (Å²) in [6.45, 7) is 1.25. The van der Waals surface area contributed by atoms with E-state index in [-0.39, 0.29) is 22.8 Å². The van der Waals surface area contributed by atoms with Gasteiger partial charge in [-0.15, -0.1) is 0 Å². The summed E-state index contributed by atoms with van der Waals surface area (Å²) in [5, 5.41) is 17.0. The second kappa shape index (κ2) is 7.53. The molecule has 1 N–H and O–H groups in total. The summed E-state index contributed by atoms with van der Waals surface area (Å²) in [7, 11) is -2.47. The van der Waals surface area contributed by atoms with E-state index >= 15 is 0 Å². The molecule has 0 radical (unpaired) electrons. The molecule has 2 amide bonds. The molecule has 0 aliphatic heterocycles. The van der Waals surface area contributed by atoms with Crippen LogP contribution in [0.2, 0.25) is 0 Å². The monoisotopic (exact) mass is 396 g/mol. The fraction of sp³-hybridized carbons (Fsp3) is 0.267. The molecule has 0 aliphatic carbocycles. The molecule has 11 nitrogen and oxygen atoms in total. The number of rotatable bonds is 6. The third-order valence-electron chi connectivity index (χ3n) is 3.40. The Morgan fingerprint density at radius 1 is 1.30 bits per heavy atom. The Morgan fingerprint density at radius 3 is 2.48 bits per heavy atom. The van der Waals surface area contributed by atoms with Gasteiger partial charge in [-0.05, 0) is 13.0 Å². The number of nitro benzene ring substituents is 1. The molecular weight excluding hydrogens is 380 g/mol. The van der Waals surface area contributed by atoms with E-state index in [0.717, 1.165) is 29.4 Å². The quantitative estimate of drug-likeness (QED) is 0.560. The highest BCUT2D eigenvalue weighted by atomic mass is 32.2. The van der Waals surface area contributed by atoms with Gasteiger partial charge in [0, 0.05) is 37.1 Å². The Morgan fingerprint density at radius 2 is 1.96 bits per heavy atom. The first-order chi connectivity index (χ1) is 12.5. The van der Waals surface area contributed by atoms with Crippen molar-refractivity contribution in [2.24, 2.45) is 0 Å². The Bertz CT molecular complexity index is 1010. The number of hydrogen-bond acceptors (Lipinski definition) is 8. The van der Waals surface area contributed by atoms with Gasteiger partial charge in [-0.1, -0.05) is 5.16 Å². The molecule has 0 atom stereocenters. The number of carbonyl (C=O) groups excluding carboxylic acids is 2. The van der Waals surface area contributed by atoms with Crippen LogP contribution in [0.5, 0.6) is 0 Å². The zero-order chi connectivity index (χ0) is 20.4. The second-order valence-corrected chi connectivity index (χ2v) is 7.79. The number of nitro groups is 1. The first kappa shape index (κ1) is 20.0. The molecule has 0 aliphatic rings. The number of aryl methyl sites for hydroxylation is 1. The number of anilines is 1. The summed E-state index contributed by atoms with van der Waals surface area (Å²) in [4.78, 5) is 35.3. The van der Waals surface area contributed by atoms with E-state index in [1.807, 2.05) is 0 Å².